The van der Waals surface area contributed by atoms with Crippen molar-refractivity contribution in [3.05, 3.63) is 71.0 Å². The van der Waals surface area contributed by atoms with Gasteiger partial charge in [-0.05, 0) is 67.5 Å². The van der Waals surface area contributed by atoms with Crippen molar-refractivity contribution in [3.8, 4) is 0 Å². The molecule has 2 aliphatic heterocycles. The van der Waals surface area contributed by atoms with Crippen LogP contribution in [0.4, 0.5) is 4.39 Å². The van der Waals surface area contributed by atoms with Crippen LogP contribution >= 0.6 is 0 Å². The second-order valence-electron chi connectivity index (χ2n) is 7.39. The Balaban J connectivity index is 1.53. The Morgan fingerprint density at radius 3 is 2.26 bits per heavy atom. The third-order valence-electron chi connectivity index (χ3n) is 5.84. The fourth-order valence-corrected chi connectivity index (χ4v) is 4.56. The van der Waals surface area contributed by atoms with E-state index in [0.29, 0.717) is 17.0 Å². The predicted octanol–water partition coefficient (Wildman–Crippen LogP) is 4.16. The Bertz CT molecular complexity index is 850. The third kappa shape index (κ3) is 3.34. The van der Waals surface area contributed by atoms with Gasteiger partial charge in [-0.1, -0.05) is 18.2 Å². The number of halogens is 1. The van der Waals surface area contributed by atoms with Crippen molar-refractivity contribution in [3.63, 3.8) is 0 Å². The summed E-state index contributed by atoms with van der Waals surface area (Å²) < 4.78 is 18.0. The first-order chi connectivity index (χ1) is 13.1. The molecule has 4 rings (SSSR count). The van der Waals surface area contributed by atoms with Gasteiger partial charge in [0.05, 0.1) is 12.7 Å². The molecule has 2 aliphatic rings. The highest BCUT2D eigenvalue weighted by atomic mass is 19.1. The van der Waals surface area contributed by atoms with E-state index in [1.165, 1.54) is 19.2 Å². The molecule has 0 radical (unpaired) electrons. The van der Waals surface area contributed by atoms with Crippen molar-refractivity contribution in [1.29, 1.82) is 0 Å². The molecule has 2 aromatic carbocycles. The molecular formula is C22H22FNO3. The van der Waals surface area contributed by atoms with Gasteiger partial charge in [0.1, 0.15) is 5.82 Å². The maximum Gasteiger partial charge on any atom is 0.337 e. The summed E-state index contributed by atoms with van der Waals surface area (Å²) in [6.45, 7) is 0. The zero-order valence-electron chi connectivity index (χ0n) is 15.2. The summed E-state index contributed by atoms with van der Waals surface area (Å²) in [6, 6.07) is 13.8. The number of rotatable bonds is 3. The highest BCUT2D eigenvalue weighted by Crippen LogP contribution is 2.43. The van der Waals surface area contributed by atoms with E-state index in [9.17, 15) is 14.0 Å². The number of hydrogen-bond acceptors (Lipinski definition) is 3. The first-order valence-electron chi connectivity index (χ1n) is 9.33. The van der Waals surface area contributed by atoms with E-state index in [1.807, 2.05) is 17.0 Å². The van der Waals surface area contributed by atoms with Gasteiger partial charge in [0.25, 0.3) is 5.91 Å². The van der Waals surface area contributed by atoms with Crippen LogP contribution in [0.2, 0.25) is 0 Å². The average Bonchev–Trinajstić information content (AvgIpc) is 2.96. The van der Waals surface area contributed by atoms with E-state index in [1.54, 1.807) is 24.3 Å². The summed E-state index contributed by atoms with van der Waals surface area (Å²) >= 11 is 0. The standard InChI is InChI=1S/C22H22FNO3/c1-27-22(26)16-4-2-3-15(11-16)21(25)24-19-9-10-20(24)13-17(12-19)14-5-7-18(23)8-6-14/h2-8,11,17,19-20H,9-10,12-13H2,1H3. The van der Waals surface area contributed by atoms with Crippen molar-refractivity contribution in [2.75, 3.05) is 7.11 Å². The Kier molecular flexibility index (Phi) is 4.68. The van der Waals surface area contributed by atoms with E-state index in [2.05, 4.69) is 0 Å². The normalized spacial score (nSPS) is 23.9. The smallest absolute Gasteiger partial charge is 0.337 e. The number of piperidine rings is 1. The Labute approximate surface area is 157 Å². The molecule has 0 spiro atoms. The van der Waals surface area contributed by atoms with Crippen LogP contribution in [-0.2, 0) is 4.74 Å². The summed E-state index contributed by atoms with van der Waals surface area (Å²) in [5.74, 6) is -0.332. The molecule has 5 heteroatoms. The van der Waals surface area contributed by atoms with Gasteiger partial charge in [0.2, 0.25) is 0 Å². The van der Waals surface area contributed by atoms with Gasteiger partial charge in [0, 0.05) is 17.6 Å². The number of esters is 1. The molecule has 140 valence electrons. The van der Waals surface area contributed by atoms with Gasteiger partial charge in [-0.15, -0.1) is 0 Å². The van der Waals surface area contributed by atoms with Gasteiger partial charge < -0.3 is 9.64 Å². The first-order valence-corrected chi connectivity index (χ1v) is 9.33. The van der Waals surface area contributed by atoms with Crippen LogP contribution in [-0.4, -0.2) is 36.0 Å². The van der Waals surface area contributed by atoms with E-state index in [4.69, 9.17) is 4.74 Å². The second-order valence-corrected chi connectivity index (χ2v) is 7.39. The van der Waals surface area contributed by atoms with Crippen LogP contribution in [0, 0.1) is 5.82 Å². The lowest BCUT2D eigenvalue weighted by Crippen LogP contribution is -2.46. The summed E-state index contributed by atoms with van der Waals surface area (Å²) in [6.07, 6.45) is 3.77. The minimum Gasteiger partial charge on any atom is -0.465 e. The number of fused-ring (bicyclic) bond motifs is 2. The average molecular weight is 367 g/mol. The number of carbonyl (C=O) groups is 2. The fraction of sp³-hybridized carbons (Fsp3) is 0.364. The molecule has 1 amide bonds. The van der Waals surface area contributed by atoms with Crippen molar-refractivity contribution in [2.45, 2.75) is 43.7 Å². The van der Waals surface area contributed by atoms with Gasteiger partial charge in [-0.25, -0.2) is 9.18 Å². The van der Waals surface area contributed by atoms with Gasteiger partial charge in [0.15, 0.2) is 0 Å². The highest BCUT2D eigenvalue weighted by molar-refractivity contribution is 5.98. The van der Waals surface area contributed by atoms with Crippen molar-refractivity contribution in [1.82, 2.24) is 4.90 Å². The number of carbonyl (C=O) groups excluding carboxylic acids is 2. The SMILES string of the molecule is COC(=O)c1cccc(C(=O)N2C3CCC2CC(c2ccc(F)cc2)C3)c1. The topological polar surface area (TPSA) is 46.6 Å². The van der Waals surface area contributed by atoms with Crippen LogP contribution in [0.3, 0.4) is 0 Å². The predicted molar refractivity (Wildman–Crippen MR) is 99.1 cm³/mol. The lowest BCUT2D eigenvalue weighted by atomic mass is 9.84. The molecule has 0 aromatic heterocycles. The van der Waals surface area contributed by atoms with Gasteiger partial charge in [-0.2, -0.15) is 0 Å². The van der Waals surface area contributed by atoms with Crippen LogP contribution in [0.1, 0.15) is 57.9 Å². The number of amides is 1. The molecule has 27 heavy (non-hydrogen) atoms. The number of benzene rings is 2. The largest absolute Gasteiger partial charge is 0.465 e. The Morgan fingerprint density at radius 2 is 1.63 bits per heavy atom. The van der Waals surface area contributed by atoms with E-state index < -0.39 is 5.97 Å². The third-order valence-corrected chi connectivity index (χ3v) is 5.84. The fourth-order valence-electron chi connectivity index (χ4n) is 4.56. The maximum atomic E-state index is 13.2. The van der Waals surface area contributed by atoms with Gasteiger partial charge >= 0.3 is 5.97 Å². The highest BCUT2D eigenvalue weighted by Gasteiger charge is 2.43. The second kappa shape index (κ2) is 7.14. The quantitative estimate of drug-likeness (QED) is 0.765. The lowest BCUT2D eigenvalue weighted by Gasteiger charge is -2.39. The zero-order chi connectivity index (χ0) is 19.0. The number of ether oxygens (including phenoxy) is 1. The Morgan fingerprint density at radius 1 is 1.00 bits per heavy atom. The molecule has 0 saturated carbocycles. The van der Waals surface area contributed by atoms with Crippen molar-refractivity contribution in [2.24, 2.45) is 0 Å². The maximum absolute atomic E-state index is 13.2. The minimum absolute atomic E-state index is 0.0224. The van der Waals surface area contributed by atoms with E-state index in [0.717, 1.165) is 31.2 Å². The van der Waals surface area contributed by atoms with Gasteiger partial charge in [-0.3, -0.25) is 4.79 Å². The van der Waals surface area contributed by atoms with Crippen LogP contribution in [0.15, 0.2) is 48.5 Å². The lowest BCUT2D eigenvalue weighted by molar-refractivity contribution is 0.0571. The van der Waals surface area contributed by atoms with Crippen LogP contribution < -0.4 is 0 Å². The van der Waals surface area contributed by atoms with E-state index >= 15 is 0 Å². The molecule has 2 saturated heterocycles. The van der Waals surface area contributed by atoms with Crippen molar-refractivity contribution >= 4 is 11.9 Å². The van der Waals surface area contributed by atoms with E-state index in [-0.39, 0.29) is 23.8 Å². The molecule has 0 N–H and O–H groups in total. The molecule has 0 aliphatic carbocycles. The molecule has 2 bridgehead atoms. The van der Waals surface area contributed by atoms with Crippen molar-refractivity contribution < 1.29 is 18.7 Å². The van der Waals surface area contributed by atoms with Crippen LogP contribution in [0.5, 0.6) is 0 Å². The van der Waals surface area contributed by atoms with Crippen LogP contribution in [0.25, 0.3) is 0 Å². The summed E-state index contributed by atoms with van der Waals surface area (Å²) in [4.78, 5) is 26.9. The minimum atomic E-state index is -0.442. The number of methoxy groups -OCH3 is 1. The molecule has 2 unspecified atom stereocenters. The molecule has 2 heterocycles. The molecule has 2 aromatic rings. The molecule has 2 fully saturated rings. The summed E-state index contributed by atoms with van der Waals surface area (Å²) in [7, 11) is 1.33. The molecule has 2 atom stereocenters. The monoisotopic (exact) mass is 367 g/mol. The summed E-state index contributed by atoms with van der Waals surface area (Å²) in [5.41, 5.74) is 2.06. The zero-order valence-corrected chi connectivity index (χ0v) is 15.2. The molecule has 4 nitrogen and oxygen atoms in total. The first kappa shape index (κ1) is 17.7. The summed E-state index contributed by atoms with van der Waals surface area (Å²) in [5, 5.41) is 0. The molecular weight excluding hydrogens is 345 g/mol. The number of hydrogen-bond donors (Lipinski definition) is 0. The Hall–Kier alpha value is -2.69. The number of nitrogens with zero attached hydrogens (tertiary/aromatic N) is 1.